The molecule has 1 aromatic rings. The lowest BCUT2D eigenvalue weighted by Crippen LogP contribution is -2.09. The zero-order valence-corrected chi connectivity index (χ0v) is 9.47. The molecular weight excluding hydrogens is 212 g/mol. The summed E-state index contributed by atoms with van der Waals surface area (Å²) in [7, 11) is 1.71. The quantitative estimate of drug-likeness (QED) is 0.430. The van der Waals surface area contributed by atoms with Crippen LogP contribution in [-0.2, 0) is 11.8 Å². The summed E-state index contributed by atoms with van der Waals surface area (Å²) in [6.07, 6.45) is 2.22. The van der Waals surface area contributed by atoms with Gasteiger partial charge in [-0.2, -0.15) is 0 Å². The number of aryl methyl sites for hydroxylation is 1. The van der Waals surface area contributed by atoms with E-state index in [9.17, 15) is 10.1 Å². The fourth-order valence-electron chi connectivity index (χ4n) is 1.28. The number of nitrogens with one attached hydrogen (secondary N) is 1. The summed E-state index contributed by atoms with van der Waals surface area (Å²) in [6, 6.07) is 0. The lowest BCUT2D eigenvalue weighted by atomic mass is 10.4. The molecule has 1 heterocycles. The van der Waals surface area contributed by atoms with Crippen LogP contribution in [0, 0.1) is 10.1 Å². The normalized spacial score (nSPS) is 10.4. The van der Waals surface area contributed by atoms with Crippen molar-refractivity contribution in [2.45, 2.75) is 13.3 Å². The van der Waals surface area contributed by atoms with Crippen LogP contribution in [0.5, 0.6) is 0 Å². The number of rotatable bonds is 7. The Labute approximate surface area is 93.6 Å². The zero-order valence-electron chi connectivity index (χ0n) is 9.47. The predicted molar refractivity (Wildman–Crippen MR) is 59.5 cm³/mol. The molecule has 0 aliphatic rings. The van der Waals surface area contributed by atoms with Gasteiger partial charge in [0, 0.05) is 26.8 Å². The first-order valence-electron chi connectivity index (χ1n) is 5.14. The molecule has 0 aromatic carbocycles. The molecule has 0 unspecified atom stereocenters. The van der Waals surface area contributed by atoms with Crippen LogP contribution in [0.1, 0.15) is 13.3 Å². The summed E-state index contributed by atoms with van der Waals surface area (Å²) >= 11 is 0. The molecule has 1 aromatic heterocycles. The van der Waals surface area contributed by atoms with Gasteiger partial charge in [0.2, 0.25) is 12.1 Å². The van der Waals surface area contributed by atoms with Gasteiger partial charge in [0.1, 0.15) is 0 Å². The molecule has 0 atom stereocenters. The maximum atomic E-state index is 10.6. The topological polar surface area (TPSA) is 82.2 Å². The average Bonchev–Trinajstić information content (AvgIpc) is 2.60. The van der Waals surface area contributed by atoms with Gasteiger partial charge < -0.3 is 20.2 Å². The fraction of sp³-hybridized carbons (Fsp3) is 0.667. The van der Waals surface area contributed by atoms with Gasteiger partial charge in [-0.3, -0.25) is 4.57 Å². The number of hydrogen-bond donors (Lipinski definition) is 1. The van der Waals surface area contributed by atoms with E-state index < -0.39 is 4.92 Å². The van der Waals surface area contributed by atoms with Crippen molar-refractivity contribution >= 4 is 11.6 Å². The van der Waals surface area contributed by atoms with E-state index in [1.807, 2.05) is 6.92 Å². The minimum Gasteiger partial charge on any atom is -0.382 e. The molecule has 0 spiro atoms. The highest BCUT2D eigenvalue weighted by Gasteiger charge is 2.18. The van der Waals surface area contributed by atoms with Crippen LogP contribution in [0.3, 0.4) is 0 Å². The fourth-order valence-corrected chi connectivity index (χ4v) is 1.28. The molecule has 0 radical (unpaired) electrons. The lowest BCUT2D eigenvalue weighted by molar-refractivity contribution is -0.388. The van der Waals surface area contributed by atoms with E-state index in [0.29, 0.717) is 25.6 Å². The van der Waals surface area contributed by atoms with Crippen LogP contribution >= 0.6 is 0 Å². The number of anilines is 1. The Morgan fingerprint density at radius 1 is 1.69 bits per heavy atom. The van der Waals surface area contributed by atoms with Crippen molar-refractivity contribution in [1.29, 1.82) is 0 Å². The van der Waals surface area contributed by atoms with Gasteiger partial charge in [-0.1, -0.05) is 0 Å². The number of ether oxygens (including phenoxy) is 1. The third-order valence-corrected chi connectivity index (χ3v) is 2.05. The van der Waals surface area contributed by atoms with Gasteiger partial charge in [0.15, 0.2) is 0 Å². The summed E-state index contributed by atoms with van der Waals surface area (Å²) in [5.74, 6) is 0.292. The van der Waals surface area contributed by atoms with Crippen molar-refractivity contribution in [1.82, 2.24) is 9.55 Å². The minimum absolute atomic E-state index is 0.140. The third kappa shape index (κ3) is 3.20. The molecule has 0 saturated heterocycles. The molecule has 16 heavy (non-hydrogen) atoms. The first kappa shape index (κ1) is 12.4. The maximum Gasteiger partial charge on any atom is 0.406 e. The summed E-state index contributed by atoms with van der Waals surface area (Å²) in [5, 5.41) is 13.6. The predicted octanol–water partition coefficient (Wildman–Crippen LogP) is 1.17. The number of hydrogen-bond acceptors (Lipinski definition) is 5. The second-order valence-electron chi connectivity index (χ2n) is 3.26. The number of aromatic nitrogens is 2. The molecule has 90 valence electrons. The monoisotopic (exact) mass is 228 g/mol. The maximum absolute atomic E-state index is 10.6. The van der Waals surface area contributed by atoms with Gasteiger partial charge in [-0.25, -0.2) is 0 Å². The van der Waals surface area contributed by atoms with Crippen molar-refractivity contribution in [2.24, 2.45) is 7.05 Å². The van der Waals surface area contributed by atoms with Crippen LogP contribution in [0.4, 0.5) is 11.6 Å². The standard InChI is InChI=1S/C9H16N4O3/c1-3-16-6-4-5-10-8-9(13(14)15)11-7-12(8)2/h7,10H,3-6H2,1-2H3. The Balaban J connectivity index is 2.46. The van der Waals surface area contributed by atoms with E-state index in [1.54, 1.807) is 11.6 Å². The van der Waals surface area contributed by atoms with Crippen LogP contribution in [0.15, 0.2) is 6.33 Å². The van der Waals surface area contributed by atoms with Crippen LogP contribution in [0.2, 0.25) is 0 Å². The molecule has 0 saturated carbocycles. The molecule has 0 aliphatic carbocycles. The first-order valence-corrected chi connectivity index (χ1v) is 5.14. The second-order valence-corrected chi connectivity index (χ2v) is 3.26. The number of nitro groups is 1. The zero-order chi connectivity index (χ0) is 12.0. The van der Waals surface area contributed by atoms with Gasteiger partial charge in [-0.15, -0.1) is 0 Å². The van der Waals surface area contributed by atoms with Crippen molar-refractivity contribution < 1.29 is 9.66 Å². The summed E-state index contributed by atoms with van der Waals surface area (Å²) in [6.45, 7) is 3.89. The van der Waals surface area contributed by atoms with Crippen LogP contribution < -0.4 is 5.32 Å². The molecule has 0 fully saturated rings. The summed E-state index contributed by atoms with van der Waals surface area (Å²) in [5.41, 5.74) is 0. The Morgan fingerprint density at radius 2 is 2.44 bits per heavy atom. The van der Waals surface area contributed by atoms with E-state index in [0.717, 1.165) is 6.42 Å². The van der Waals surface area contributed by atoms with Crippen LogP contribution in [-0.4, -0.2) is 34.2 Å². The van der Waals surface area contributed by atoms with Crippen LogP contribution in [0.25, 0.3) is 0 Å². The molecule has 1 N–H and O–H groups in total. The lowest BCUT2D eigenvalue weighted by Gasteiger charge is -2.05. The van der Waals surface area contributed by atoms with Crippen molar-refractivity contribution in [3.05, 3.63) is 16.4 Å². The van der Waals surface area contributed by atoms with Gasteiger partial charge >= 0.3 is 5.82 Å². The Hall–Kier alpha value is -1.63. The second kappa shape index (κ2) is 6.06. The largest absolute Gasteiger partial charge is 0.406 e. The molecule has 0 amide bonds. The summed E-state index contributed by atoms with van der Waals surface area (Å²) < 4.78 is 6.76. The molecule has 0 aliphatic heterocycles. The highest BCUT2D eigenvalue weighted by Crippen LogP contribution is 2.20. The highest BCUT2D eigenvalue weighted by molar-refractivity contribution is 5.51. The molecule has 7 heteroatoms. The van der Waals surface area contributed by atoms with E-state index in [2.05, 4.69) is 10.3 Å². The molecule has 0 bridgehead atoms. The average molecular weight is 228 g/mol. The first-order chi connectivity index (χ1) is 7.66. The molecular formula is C9H16N4O3. The summed E-state index contributed by atoms with van der Waals surface area (Å²) in [4.78, 5) is 13.8. The van der Waals surface area contributed by atoms with Crippen molar-refractivity contribution in [3.8, 4) is 0 Å². The van der Waals surface area contributed by atoms with Crippen molar-refractivity contribution in [3.63, 3.8) is 0 Å². The van der Waals surface area contributed by atoms with E-state index in [4.69, 9.17) is 4.74 Å². The third-order valence-electron chi connectivity index (χ3n) is 2.05. The van der Waals surface area contributed by atoms with Crippen molar-refractivity contribution in [2.75, 3.05) is 25.1 Å². The minimum atomic E-state index is -0.495. The Bertz CT molecular complexity index is 351. The van der Waals surface area contributed by atoms with E-state index in [-0.39, 0.29) is 5.82 Å². The Kier molecular flexibility index (Phi) is 4.71. The highest BCUT2D eigenvalue weighted by atomic mass is 16.6. The molecule has 7 nitrogen and oxygen atoms in total. The Morgan fingerprint density at radius 3 is 3.06 bits per heavy atom. The number of nitrogens with zero attached hydrogens (tertiary/aromatic N) is 3. The van der Waals surface area contributed by atoms with Gasteiger partial charge in [0.25, 0.3) is 0 Å². The van der Waals surface area contributed by atoms with E-state index >= 15 is 0 Å². The number of imidazole rings is 1. The molecule has 1 rings (SSSR count). The van der Waals surface area contributed by atoms with E-state index in [1.165, 1.54) is 6.33 Å². The van der Waals surface area contributed by atoms with Gasteiger partial charge in [-0.05, 0) is 23.3 Å². The van der Waals surface area contributed by atoms with Gasteiger partial charge in [0.05, 0.1) is 0 Å². The smallest absolute Gasteiger partial charge is 0.382 e. The SMILES string of the molecule is CCOCCCNc1c([N+](=O)[O-])ncn1C.